The third-order valence-electron chi connectivity index (χ3n) is 5.98. The lowest BCUT2D eigenvalue weighted by molar-refractivity contribution is 0.0509. The SMILES string of the molecule is Cc1nc2ccccc2c(=O)n1-c1ccc(C(=O)N(Cc2cccs2)CC2CCCO2)cc1. The highest BCUT2D eigenvalue weighted by molar-refractivity contribution is 7.09. The molecule has 1 fully saturated rings. The van der Waals surface area contributed by atoms with Crippen LogP contribution in [0.3, 0.4) is 0 Å². The van der Waals surface area contributed by atoms with Crippen LogP contribution in [0.4, 0.5) is 0 Å². The Morgan fingerprint density at radius 2 is 1.97 bits per heavy atom. The largest absolute Gasteiger partial charge is 0.376 e. The van der Waals surface area contributed by atoms with E-state index in [4.69, 9.17) is 4.74 Å². The summed E-state index contributed by atoms with van der Waals surface area (Å²) in [5.41, 5.74) is 1.85. The zero-order chi connectivity index (χ0) is 22.8. The number of fused-ring (bicyclic) bond motifs is 1. The molecular formula is C26H25N3O3S. The number of carbonyl (C=O) groups excluding carboxylic acids is 1. The number of aromatic nitrogens is 2. The molecule has 1 saturated heterocycles. The van der Waals surface area contributed by atoms with Crippen LogP contribution in [-0.4, -0.2) is 39.6 Å². The van der Waals surface area contributed by atoms with Gasteiger partial charge in [-0.05, 0) is 67.6 Å². The van der Waals surface area contributed by atoms with Crippen molar-refractivity contribution in [1.29, 1.82) is 0 Å². The lowest BCUT2D eigenvalue weighted by Gasteiger charge is -2.25. The molecule has 0 saturated carbocycles. The molecule has 0 N–H and O–H groups in total. The molecule has 33 heavy (non-hydrogen) atoms. The maximum absolute atomic E-state index is 13.4. The Hall–Kier alpha value is -3.29. The van der Waals surface area contributed by atoms with Crippen molar-refractivity contribution in [2.45, 2.75) is 32.4 Å². The van der Waals surface area contributed by atoms with Crippen LogP contribution in [0.25, 0.3) is 16.6 Å². The first-order valence-corrected chi connectivity index (χ1v) is 12.0. The topological polar surface area (TPSA) is 64.4 Å². The second-order valence-electron chi connectivity index (χ2n) is 8.26. The first kappa shape index (κ1) is 21.6. The van der Waals surface area contributed by atoms with Gasteiger partial charge in [0.15, 0.2) is 0 Å². The lowest BCUT2D eigenvalue weighted by Crippen LogP contribution is -2.36. The van der Waals surface area contributed by atoms with Gasteiger partial charge >= 0.3 is 0 Å². The first-order valence-electron chi connectivity index (χ1n) is 11.1. The van der Waals surface area contributed by atoms with Crippen LogP contribution in [0.15, 0.2) is 70.8 Å². The smallest absolute Gasteiger partial charge is 0.265 e. The van der Waals surface area contributed by atoms with E-state index in [-0.39, 0.29) is 17.6 Å². The number of carbonyl (C=O) groups is 1. The Morgan fingerprint density at radius 3 is 2.70 bits per heavy atom. The van der Waals surface area contributed by atoms with Gasteiger partial charge in [0.25, 0.3) is 11.5 Å². The van der Waals surface area contributed by atoms with E-state index in [2.05, 4.69) is 4.98 Å². The molecule has 1 unspecified atom stereocenters. The van der Waals surface area contributed by atoms with Gasteiger partial charge in [-0.2, -0.15) is 0 Å². The molecule has 1 aliphatic rings. The number of aryl methyl sites for hydroxylation is 1. The number of nitrogens with zero attached hydrogens (tertiary/aromatic N) is 3. The van der Waals surface area contributed by atoms with E-state index < -0.39 is 0 Å². The Morgan fingerprint density at radius 1 is 1.15 bits per heavy atom. The Labute approximate surface area is 196 Å². The maximum atomic E-state index is 13.4. The number of para-hydroxylation sites is 1. The lowest BCUT2D eigenvalue weighted by atomic mass is 10.1. The molecule has 6 nitrogen and oxygen atoms in total. The zero-order valence-corrected chi connectivity index (χ0v) is 19.3. The molecule has 0 radical (unpaired) electrons. The summed E-state index contributed by atoms with van der Waals surface area (Å²) >= 11 is 1.65. The van der Waals surface area contributed by atoms with Crippen LogP contribution in [0.2, 0.25) is 0 Å². The average Bonchev–Trinajstić information content (AvgIpc) is 3.53. The summed E-state index contributed by atoms with van der Waals surface area (Å²) in [6.07, 6.45) is 2.09. The predicted octanol–water partition coefficient (Wildman–Crippen LogP) is 4.58. The maximum Gasteiger partial charge on any atom is 0.265 e. The minimum atomic E-state index is -0.116. The number of benzene rings is 2. The first-order chi connectivity index (χ1) is 16.1. The van der Waals surface area contributed by atoms with Crippen molar-refractivity contribution < 1.29 is 9.53 Å². The van der Waals surface area contributed by atoms with E-state index in [1.54, 1.807) is 34.1 Å². The van der Waals surface area contributed by atoms with Crippen LogP contribution < -0.4 is 5.56 Å². The third-order valence-corrected chi connectivity index (χ3v) is 6.84. The standard InChI is InChI=1S/C26H25N3O3S/c1-18-27-24-9-3-2-8-23(24)26(31)29(18)20-12-10-19(11-13-20)25(30)28(16-21-6-4-14-32-21)17-22-7-5-15-33-22/h2-3,5,7-13,15,21H,4,6,14,16-17H2,1H3. The predicted molar refractivity (Wildman–Crippen MR) is 130 cm³/mol. The molecule has 3 heterocycles. The molecular weight excluding hydrogens is 434 g/mol. The van der Waals surface area contributed by atoms with Crippen molar-refractivity contribution in [3.8, 4) is 5.69 Å². The normalized spacial score (nSPS) is 15.7. The summed E-state index contributed by atoms with van der Waals surface area (Å²) in [6.45, 7) is 3.71. The molecule has 4 aromatic rings. The summed E-state index contributed by atoms with van der Waals surface area (Å²) in [7, 11) is 0. The molecule has 0 spiro atoms. The molecule has 0 aliphatic carbocycles. The minimum Gasteiger partial charge on any atom is -0.376 e. The zero-order valence-electron chi connectivity index (χ0n) is 18.4. The summed E-state index contributed by atoms with van der Waals surface area (Å²) < 4.78 is 7.38. The quantitative estimate of drug-likeness (QED) is 0.424. The third kappa shape index (κ3) is 4.47. The van der Waals surface area contributed by atoms with Gasteiger partial charge in [-0.3, -0.25) is 14.2 Å². The van der Waals surface area contributed by atoms with Crippen LogP contribution >= 0.6 is 11.3 Å². The van der Waals surface area contributed by atoms with Gasteiger partial charge in [0, 0.05) is 23.6 Å². The summed E-state index contributed by atoms with van der Waals surface area (Å²) in [5.74, 6) is 0.571. The van der Waals surface area contributed by atoms with Crippen LogP contribution in [0, 0.1) is 6.92 Å². The van der Waals surface area contributed by atoms with E-state index >= 15 is 0 Å². The number of rotatable bonds is 6. The summed E-state index contributed by atoms with van der Waals surface area (Å²) in [6, 6.07) is 18.6. The number of ether oxygens (including phenoxy) is 1. The van der Waals surface area contributed by atoms with Crippen LogP contribution in [-0.2, 0) is 11.3 Å². The van der Waals surface area contributed by atoms with Gasteiger partial charge in [-0.15, -0.1) is 11.3 Å². The van der Waals surface area contributed by atoms with E-state index in [0.29, 0.717) is 41.1 Å². The second-order valence-corrected chi connectivity index (χ2v) is 9.30. The highest BCUT2D eigenvalue weighted by Gasteiger charge is 2.24. The van der Waals surface area contributed by atoms with E-state index in [1.165, 1.54) is 0 Å². The highest BCUT2D eigenvalue weighted by atomic mass is 32.1. The Balaban J connectivity index is 1.43. The van der Waals surface area contributed by atoms with Crippen LogP contribution in [0.5, 0.6) is 0 Å². The minimum absolute atomic E-state index is 0.0360. The monoisotopic (exact) mass is 459 g/mol. The van der Waals surface area contributed by atoms with Gasteiger partial charge in [0.2, 0.25) is 0 Å². The van der Waals surface area contributed by atoms with E-state index in [1.807, 2.05) is 59.7 Å². The fourth-order valence-electron chi connectivity index (χ4n) is 4.33. The van der Waals surface area contributed by atoms with Gasteiger partial charge in [-0.1, -0.05) is 18.2 Å². The number of hydrogen-bond acceptors (Lipinski definition) is 5. The molecule has 7 heteroatoms. The van der Waals surface area contributed by atoms with E-state index in [0.717, 1.165) is 24.3 Å². The summed E-state index contributed by atoms with van der Waals surface area (Å²) in [5, 5.41) is 2.60. The number of amides is 1. The Kier molecular flexibility index (Phi) is 6.07. The van der Waals surface area contributed by atoms with Crippen molar-refractivity contribution in [2.75, 3.05) is 13.2 Å². The molecule has 1 aliphatic heterocycles. The number of hydrogen-bond donors (Lipinski definition) is 0. The van der Waals surface area contributed by atoms with Crippen LogP contribution in [0.1, 0.15) is 33.9 Å². The fraction of sp³-hybridized carbons (Fsp3) is 0.269. The van der Waals surface area contributed by atoms with E-state index in [9.17, 15) is 9.59 Å². The van der Waals surface area contributed by atoms with Gasteiger partial charge in [0.05, 0.1) is 29.2 Å². The summed E-state index contributed by atoms with van der Waals surface area (Å²) in [4.78, 5) is 34.1. The molecule has 2 aromatic heterocycles. The van der Waals surface area contributed by atoms with Crippen molar-refractivity contribution in [3.05, 3.63) is 92.7 Å². The van der Waals surface area contributed by atoms with Crippen molar-refractivity contribution in [1.82, 2.24) is 14.5 Å². The molecule has 168 valence electrons. The molecule has 1 amide bonds. The van der Waals surface area contributed by atoms with Crippen molar-refractivity contribution >= 4 is 28.1 Å². The molecule has 0 bridgehead atoms. The van der Waals surface area contributed by atoms with Gasteiger partial charge < -0.3 is 9.64 Å². The second kappa shape index (κ2) is 9.29. The van der Waals surface area contributed by atoms with Crippen molar-refractivity contribution in [3.63, 3.8) is 0 Å². The molecule has 2 aromatic carbocycles. The van der Waals surface area contributed by atoms with Gasteiger partial charge in [-0.25, -0.2) is 4.98 Å². The number of thiophene rings is 1. The molecule has 5 rings (SSSR count). The average molecular weight is 460 g/mol. The highest BCUT2D eigenvalue weighted by Crippen LogP contribution is 2.20. The van der Waals surface area contributed by atoms with Crippen molar-refractivity contribution in [2.24, 2.45) is 0 Å². The Bertz CT molecular complexity index is 1320. The van der Waals surface area contributed by atoms with Gasteiger partial charge in [0.1, 0.15) is 5.82 Å². The molecule has 1 atom stereocenters. The fourth-order valence-corrected chi connectivity index (χ4v) is 5.05.